The summed E-state index contributed by atoms with van der Waals surface area (Å²) in [5.41, 5.74) is 1.02. The summed E-state index contributed by atoms with van der Waals surface area (Å²) in [5.74, 6) is 0. The predicted octanol–water partition coefficient (Wildman–Crippen LogP) is 1.67. The number of hydrogen-bond donors (Lipinski definition) is 1. The summed E-state index contributed by atoms with van der Waals surface area (Å²) in [7, 11) is -3.50. The Balaban J connectivity index is 2.87. The van der Waals surface area contributed by atoms with Crippen LogP contribution in [0.4, 0.5) is 0 Å². The predicted molar refractivity (Wildman–Crippen MR) is 60.3 cm³/mol. The summed E-state index contributed by atoms with van der Waals surface area (Å²) in [6.07, 6.45) is 2.20. The molecule has 0 saturated heterocycles. The second kappa shape index (κ2) is 4.93. The minimum atomic E-state index is -3.50. The second-order valence-corrected chi connectivity index (χ2v) is 4.79. The molecular weight excluding hydrogens is 212 g/mol. The number of benzene rings is 1. The molecule has 1 rings (SSSR count). The van der Waals surface area contributed by atoms with Gasteiger partial charge in [-0.05, 0) is 25.5 Å². The molecule has 0 radical (unpaired) electrons. The molecule has 0 aliphatic carbocycles. The van der Waals surface area contributed by atoms with Crippen LogP contribution in [0.25, 0.3) is 0 Å². The maximum absolute atomic E-state index is 11.6. The molecular formula is C10H14N2O2S. The van der Waals surface area contributed by atoms with Crippen molar-refractivity contribution in [2.75, 3.05) is 0 Å². The zero-order valence-corrected chi connectivity index (χ0v) is 9.58. The van der Waals surface area contributed by atoms with E-state index in [9.17, 15) is 8.42 Å². The number of rotatable bonds is 4. The van der Waals surface area contributed by atoms with Crippen LogP contribution in [0.15, 0.2) is 34.3 Å². The Hall–Kier alpha value is -1.36. The smallest absolute Gasteiger partial charge is 0.200 e. The fraction of sp³-hybridized carbons (Fsp3) is 0.300. The van der Waals surface area contributed by atoms with Gasteiger partial charge in [0.25, 0.3) is 10.0 Å². The highest BCUT2D eigenvalue weighted by molar-refractivity contribution is 7.89. The van der Waals surface area contributed by atoms with E-state index in [0.29, 0.717) is 6.42 Å². The molecule has 0 spiro atoms. The molecule has 0 aromatic heterocycles. The van der Waals surface area contributed by atoms with Gasteiger partial charge in [-0.3, -0.25) is 0 Å². The Morgan fingerprint density at radius 2 is 1.93 bits per heavy atom. The van der Waals surface area contributed by atoms with Crippen LogP contribution >= 0.6 is 0 Å². The van der Waals surface area contributed by atoms with Crippen LogP contribution in [0, 0.1) is 6.92 Å². The largest absolute Gasteiger partial charge is 0.276 e. The van der Waals surface area contributed by atoms with E-state index in [1.165, 1.54) is 6.21 Å². The standard InChI is InChI=1S/C10H14N2O2S/c1-3-8-11-12-15(13,14)10-6-4-9(2)5-7-10/h4-8,12H,3H2,1-2H3/b11-8-. The lowest BCUT2D eigenvalue weighted by molar-refractivity contribution is 0.584. The van der Waals surface area contributed by atoms with Crippen LogP contribution in [-0.4, -0.2) is 14.6 Å². The molecule has 0 amide bonds. The molecule has 1 aromatic carbocycles. The monoisotopic (exact) mass is 226 g/mol. The molecule has 0 atom stereocenters. The van der Waals surface area contributed by atoms with Crippen LogP contribution in [0.3, 0.4) is 0 Å². The third kappa shape index (κ3) is 3.36. The summed E-state index contributed by atoms with van der Waals surface area (Å²) >= 11 is 0. The summed E-state index contributed by atoms with van der Waals surface area (Å²) < 4.78 is 23.2. The van der Waals surface area contributed by atoms with Gasteiger partial charge in [0, 0.05) is 6.21 Å². The zero-order valence-electron chi connectivity index (χ0n) is 8.77. The molecule has 15 heavy (non-hydrogen) atoms. The van der Waals surface area contributed by atoms with Gasteiger partial charge >= 0.3 is 0 Å². The molecule has 0 unspecified atom stereocenters. The van der Waals surface area contributed by atoms with Crippen molar-refractivity contribution in [2.45, 2.75) is 25.2 Å². The lowest BCUT2D eigenvalue weighted by Gasteiger charge is -2.02. The first-order valence-corrected chi connectivity index (χ1v) is 6.14. The van der Waals surface area contributed by atoms with E-state index < -0.39 is 10.0 Å². The van der Waals surface area contributed by atoms with Crippen molar-refractivity contribution < 1.29 is 8.42 Å². The lowest BCUT2D eigenvalue weighted by atomic mass is 10.2. The van der Waals surface area contributed by atoms with E-state index >= 15 is 0 Å². The van der Waals surface area contributed by atoms with E-state index in [4.69, 9.17) is 0 Å². The van der Waals surface area contributed by atoms with E-state index in [-0.39, 0.29) is 4.90 Å². The molecule has 0 saturated carbocycles. The van der Waals surface area contributed by atoms with Crippen molar-refractivity contribution in [3.05, 3.63) is 29.8 Å². The van der Waals surface area contributed by atoms with Gasteiger partial charge in [-0.15, -0.1) is 0 Å². The summed E-state index contributed by atoms with van der Waals surface area (Å²) in [5, 5.41) is 3.60. The third-order valence-corrected chi connectivity index (χ3v) is 3.02. The van der Waals surface area contributed by atoms with Crippen molar-refractivity contribution in [2.24, 2.45) is 5.10 Å². The maximum atomic E-state index is 11.6. The van der Waals surface area contributed by atoms with Crippen LogP contribution in [0.2, 0.25) is 0 Å². The third-order valence-electron chi connectivity index (χ3n) is 1.78. The Labute approximate surface area is 90.1 Å². The summed E-state index contributed by atoms with van der Waals surface area (Å²) in [4.78, 5) is 2.36. The van der Waals surface area contributed by atoms with Crippen LogP contribution in [-0.2, 0) is 10.0 Å². The van der Waals surface area contributed by atoms with E-state index in [1.807, 2.05) is 13.8 Å². The maximum Gasteiger partial charge on any atom is 0.276 e. The molecule has 0 aliphatic rings. The van der Waals surface area contributed by atoms with E-state index in [2.05, 4.69) is 9.93 Å². The molecule has 82 valence electrons. The Bertz CT molecular complexity index is 435. The normalized spacial score (nSPS) is 11.9. The first kappa shape index (κ1) is 11.7. The minimum Gasteiger partial charge on any atom is -0.200 e. The van der Waals surface area contributed by atoms with Crippen molar-refractivity contribution in [1.29, 1.82) is 0 Å². The summed E-state index contributed by atoms with van der Waals surface area (Å²) in [6, 6.07) is 6.61. The molecule has 1 aromatic rings. The number of hydrogen-bond acceptors (Lipinski definition) is 3. The first-order valence-electron chi connectivity index (χ1n) is 4.66. The van der Waals surface area contributed by atoms with Crippen molar-refractivity contribution in [3.63, 3.8) is 0 Å². The van der Waals surface area contributed by atoms with Gasteiger partial charge in [-0.2, -0.15) is 13.5 Å². The van der Waals surface area contributed by atoms with Gasteiger partial charge in [0.15, 0.2) is 0 Å². The van der Waals surface area contributed by atoms with Gasteiger partial charge in [-0.25, -0.2) is 4.83 Å². The van der Waals surface area contributed by atoms with Gasteiger partial charge < -0.3 is 0 Å². The summed E-state index contributed by atoms with van der Waals surface area (Å²) in [6.45, 7) is 3.78. The number of nitrogens with zero attached hydrogens (tertiary/aromatic N) is 1. The molecule has 5 heteroatoms. The highest BCUT2D eigenvalue weighted by Crippen LogP contribution is 2.09. The average Bonchev–Trinajstić information content (AvgIpc) is 2.18. The minimum absolute atomic E-state index is 0.223. The quantitative estimate of drug-likeness (QED) is 0.627. The number of aryl methyl sites for hydroxylation is 1. The molecule has 0 heterocycles. The van der Waals surface area contributed by atoms with Crippen molar-refractivity contribution in [3.8, 4) is 0 Å². The number of nitrogens with one attached hydrogen (secondary N) is 1. The topological polar surface area (TPSA) is 58.5 Å². The Morgan fingerprint density at radius 3 is 2.47 bits per heavy atom. The van der Waals surface area contributed by atoms with Gasteiger partial charge in [0.2, 0.25) is 0 Å². The molecule has 0 aliphatic heterocycles. The van der Waals surface area contributed by atoms with Crippen molar-refractivity contribution in [1.82, 2.24) is 4.83 Å². The Kier molecular flexibility index (Phi) is 3.85. The van der Waals surface area contributed by atoms with E-state index in [0.717, 1.165) is 5.56 Å². The average molecular weight is 226 g/mol. The first-order chi connectivity index (χ1) is 7.06. The van der Waals surface area contributed by atoms with Crippen LogP contribution in [0.5, 0.6) is 0 Å². The zero-order chi connectivity index (χ0) is 11.3. The van der Waals surface area contributed by atoms with Gasteiger partial charge in [-0.1, -0.05) is 24.6 Å². The fourth-order valence-corrected chi connectivity index (χ4v) is 1.78. The molecule has 0 fully saturated rings. The van der Waals surface area contributed by atoms with Crippen LogP contribution < -0.4 is 4.83 Å². The highest BCUT2D eigenvalue weighted by Gasteiger charge is 2.11. The van der Waals surface area contributed by atoms with Gasteiger partial charge in [0.05, 0.1) is 4.90 Å². The van der Waals surface area contributed by atoms with Crippen molar-refractivity contribution >= 4 is 16.2 Å². The SMILES string of the molecule is CC/C=N\NS(=O)(=O)c1ccc(C)cc1. The molecule has 1 N–H and O–H groups in total. The number of hydrazone groups is 1. The highest BCUT2D eigenvalue weighted by atomic mass is 32.2. The van der Waals surface area contributed by atoms with E-state index in [1.54, 1.807) is 24.3 Å². The fourth-order valence-electron chi connectivity index (χ4n) is 0.968. The molecule has 0 bridgehead atoms. The lowest BCUT2D eigenvalue weighted by Crippen LogP contribution is -2.18. The second-order valence-electron chi connectivity index (χ2n) is 3.13. The van der Waals surface area contributed by atoms with Crippen LogP contribution in [0.1, 0.15) is 18.9 Å². The van der Waals surface area contributed by atoms with Gasteiger partial charge in [0.1, 0.15) is 0 Å². The molecule has 4 nitrogen and oxygen atoms in total. The Morgan fingerprint density at radius 1 is 1.33 bits per heavy atom. The number of sulfonamides is 1.